The van der Waals surface area contributed by atoms with E-state index < -0.39 is 0 Å². The fraction of sp³-hybridized carbons (Fsp3) is 0.176. The van der Waals surface area contributed by atoms with Crippen molar-refractivity contribution in [1.29, 1.82) is 0 Å². The zero-order valence-electron chi connectivity index (χ0n) is 13.6. The molecule has 0 atom stereocenters. The second-order valence-corrected chi connectivity index (χ2v) is 6.28. The van der Waals surface area contributed by atoms with Crippen LogP contribution in [0.3, 0.4) is 0 Å². The lowest BCUT2D eigenvalue weighted by molar-refractivity contribution is -0.118. The molecule has 0 saturated heterocycles. The smallest absolute Gasteiger partial charge is 0.230 e. The van der Waals surface area contributed by atoms with Crippen molar-refractivity contribution in [3.63, 3.8) is 0 Å². The summed E-state index contributed by atoms with van der Waals surface area (Å²) in [6.07, 6.45) is 3.42. The SMILES string of the molecule is Cn1c(SCC(=O)NCc2cccnc2)nnc1-c1ccc(O)cc1. The molecule has 25 heavy (non-hydrogen) atoms. The van der Waals surface area contributed by atoms with Crippen LogP contribution in [0.1, 0.15) is 5.56 Å². The molecule has 0 aliphatic carbocycles. The zero-order valence-corrected chi connectivity index (χ0v) is 14.4. The molecule has 0 saturated carbocycles. The minimum absolute atomic E-state index is 0.0805. The molecule has 128 valence electrons. The Bertz CT molecular complexity index is 849. The molecular formula is C17H17N5O2S. The summed E-state index contributed by atoms with van der Waals surface area (Å²) in [5.74, 6) is 1.05. The van der Waals surface area contributed by atoms with Crippen LogP contribution < -0.4 is 5.32 Å². The fourth-order valence-corrected chi connectivity index (χ4v) is 2.93. The monoisotopic (exact) mass is 355 g/mol. The number of nitrogens with one attached hydrogen (secondary N) is 1. The van der Waals surface area contributed by atoms with Crippen molar-refractivity contribution in [2.45, 2.75) is 11.7 Å². The highest BCUT2D eigenvalue weighted by Gasteiger charge is 2.13. The maximum absolute atomic E-state index is 12.0. The molecule has 1 aromatic carbocycles. The van der Waals surface area contributed by atoms with Gasteiger partial charge in [-0.2, -0.15) is 0 Å². The number of carbonyl (C=O) groups excluding carboxylic acids is 1. The van der Waals surface area contributed by atoms with E-state index in [-0.39, 0.29) is 17.4 Å². The highest BCUT2D eigenvalue weighted by Crippen LogP contribution is 2.23. The van der Waals surface area contributed by atoms with Gasteiger partial charge in [-0.15, -0.1) is 10.2 Å². The summed E-state index contributed by atoms with van der Waals surface area (Å²) in [5, 5.41) is 21.1. The highest BCUT2D eigenvalue weighted by molar-refractivity contribution is 7.99. The van der Waals surface area contributed by atoms with Gasteiger partial charge >= 0.3 is 0 Å². The second-order valence-electron chi connectivity index (χ2n) is 5.34. The molecule has 0 unspecified atom stereocenters. The average Bonchev–Trinajstić information content (AvgIpc) is 3.00. The van der Waals surface area contributed by atoms with Gasteiger partial charge in [-0.25, -0.2) is 0 Å². The number of aromatic nitrogens is 4. The summed E-state index contributed by atoms with van der Waals surface area (Å²) in [5.41, 5.74) is 1.80. The summed E-state index contributed by atoms with van der Waals surface area (Å²) in [6, 6.07) is 10.5. The number of phenols is 1. The van der Waals surface area contributed by atoms with Crippen LogP contribution in [0.25, 0.3) is 11.4 Å². The van der Waals surface area contributed by atoms with Gasteiger partial charge in [0.15, 0.2) is 11.0 Å². The Kier molecular flexibility index (Phi) is 5.30. The topological polar surface area (TPSA) is 92.9 Å². The molecule has 0 aliphatic heterocycles. The normalized spacial score (nSPS) is 10.6. The van der Waals surface area contributed by atoms with Gasteiger partial charge in [0.1, 0.15) is 5.75 Å². The number of amides is 1. The van der Waals surface area contributed by atoms with Crippen molar-refractivity contribution in [3.8, 4) is 17.1 Å². The first-order chi connectivity index (χ1) is 12.1. The van der Waals surface area contributed by atoms with E-state index >= 15 is 0 Å². The Morgan fingerprint density at radius 2 is 2.04 bits per heavy atom. The van der Waals surface area contributed by atoms with E-state index in [4.69, 9.17) is 0 Å². The Hall–Kier alpha value is -2.87. The van der Waals surface area contributed by atoms with E-state index in [1.165, 1.54) is 11.8 Å². The number of benzene rings is 1. The number of carbonyl (C=O) groups is 1. The van der Waals surface area contributed by atoms with Crippen molar-refractivity contribution < 1.29 is 9.90 Å². The average molecular weight is 355 g/mol. The Labute approximate surface area is 149 Å². The lowest BCUT2D eigenvalue weighted by atomic mass is 10.2. The quantitative estimate of drug-likeness (QED) is 0.657. The van der Waals surface area contributed by atoms with Crippen LogP contribution in [-0.4, -0.2) is 36.5 Å². The third-order valence-corrected chi connectivity index (χ3v) is 4.53. The van der Waals surface area contributed by atoms with E-state index in [1.54, 1.807) is 36.7 Å². The van der Waals surface area contributed by atoms with Gasteiger partial charge < -0.3 is 15.0 Å². The van der Waals surface area contributed by atoms with Crippen molar-refractivity contribution in [2.24, 2.45) is 7.05 Å². The summed E-state index contributed by atoms with van der Waals surface area (Å²) in [4.78, 5) is 16.0. The molecular weight excluding hydrogens is 338 g/mol. The van der Waals surface area contributed by atoms with Gasteiger partial charge in [0.05, 0.1) is 5.75 Å². The number of nitrogens with zero attached hydrogens (tertiary/aromatic N) is 4. The molecule has 2 N–H and O–H groups in total. The number of phenolic OH excluding ortho intramolecular Hbond substituents is 1. The maximum Gasteiger partial charge on any atom is 0.230 e. The molecule has 0 bridgehead atoms. The molecule has 0 radical (unpaired) electrons. The molecule has 2 heterocycles. The van der Waals surface area contributed by atoms with Gasteiger partial charge in [-0.3, -0.25) is 9.78 Å². The standard InChI is InChI=1S/C17H17N5O2S/c1-22-16(13-4-6-14(23)7-5-13)20-21-17(22)25-11-15(24)19-10-12-3-2-8-18-9-12/h2-9,23H,10-11H2,1H3,(H,19,24). The van der Waals surface area contributed by atoms with E-state index in [9.17, 15) is 9.90 Å². The largest absolute Gasteiger partial charge is 0.508 e. The third kappa shape index (κ3) is 4.36. The van der Waals surface area contributed by atoms with E-state index in [1.807, 2.05) is 23.7 Å². The summed E-state index contributed by atoms with van der Waals surface area (Å²) in [7, 11) is 1.85. The van der Waals surface area contributed by atoms with E-state index in [2.05, 4.69) is 20.5 Å². The molecule has 1 amide bonds. The number of pyridine rings is 1. The van der Waals surface area contributed by atoms with Gasteiger partial charge in [-0.05, 0) is 35.9 Å². The van der Waals surface area contributed by atoms with Crippen LogP contribution in [0.5, 0.6) is 5.75 Å². The minimum atomic E-state index is -0.0805. The van der Waals surface area contributed by atoms with Crippen molar-refractivity contribution >= 4 is 17.7 Å². The van der Waals surface area contributed by atoms with Crippen LogP contribution in [0.2, 0.25) is 0 Å². The molecule has 8 heteroatoms. The first-order valence-corrected chi connectivity index (χ1v) is 8.59. The first kappa shape index (κ1) is 17.0. The lowest BCUT2D eigenvalue weighted by Gasteiger charge is -2.06. The highest BCUT2D eigenvalue weighted by atomic mass is 32.2. The molecule has 3 rings (SSSR count). The van der Waals surface area contributed by atoms with Gasteiger partial charge in [0.2, 0.25) is 5.91 Å². The van der Waals surface area contributed by atoms with E-state index in [0.717, 1.165) is 11.1 Å². The summed E-state index contributed by atoms with van der Waals surface area (Å²) in [6.45, 7) is 0.449. The lowest BCUT2D eigenvalue weighted by Crippen LogP contribution is -2.24. The van der Waals surface area contributed by atoms with Crippen LogP contribution >= 0.6 is 11.8 Å². The Balaban J connectivity index is 1.56. The summed E-state index contributed by atoms with van der Waals surface area (Å²) < 4.78 is 1.82. The fourth-order valence-electron chi connectivity index (χ4n) is 2.19. The number of hydrogen-bond donors (Lipinski definition) is 2. The molecule has 0 spiro atoms. The predicted molar refractivity (Wildman–Crippen MR) is 94.9 cm³/mol. The second kappa shape index (κ2) is 7.80. The number of hydrogen-bond acceptors (Lipinski definition) is 6. The summed E-state index contributed by atoms with van der Waals surface area (Å²) >= 11 is 1.32. The number of rotatable bonds is 6. The van der Waals surface area contributed by atoms with Crippen molar-refractivity contribution in [2.75, 3.05) is 5.75 Å². The third-order valence-electron chi connectivity index (χ3n) is 3.51. The first-order valence-electron chi connectivity index (χ1n) is 7.60. The van der Waals surface area contributed by atoms with Gasteiger partial charge in [0.25, 0.3) is 0 Å². The molecule has 7 nitrogen and oxygen atoms in total. The van der Waals surface area contributed by atoms with Crippen molar-refractivity contribution in [1.82, 2.24) is 25.1 Å². The van der Waals surface area contributed by atoms with Crippen molar-refractivity contribution in [3.05, 3.63) is 54.4 Å². The van der Waals surface area contributed by atoms with Crippen LogP contribution in [0, 0.1) is 0 Å². The number of aromatic hydroxyl groups is 1. The number of thioether (sulfide) groups is 1. The van der Waals surface area contributed by atoms with Crippen LogP contribution in [0.4, 0.5) is 0 Å². The van der Waals surface area contributed by atoms with Crippen LogP contribution in [0.15, 0.2) is 53.9 Å². The Morgan fingerprint density at radius 3 is 2.76 bits per heavy atom. The van der Waals surface area contributed by atoms with Crippen LogP contribution in [-0.2, 0) is 18.4 Å². The minimum Gasteiger partial charge on any atom is -0.508 e. The molecule has 0 aliphatic rings. The zero-order chi connectivity index (χ0) is 17.6. The van der Waals surface area contributed by atoms with Gasteiger partial charge in [-0.1, -0.05) is 17.8 Å². The van der Waals surface area contributed by atoms with E-state index in [0.29, 0.717) is 17.5 Å². The molecule has 2 aromatic heterocycles. The maximum atomic E-state index is 12.0. The molecule has 0 fully saturated rings. The van der Waals surface area contributed by atoms with Gasteiger partial charge in [0, 0.05) is 31.5 Å². The molecule has 3 aromatic rings. The Morgan fingerprint density at radius 1 is 1.24 bits per heavy atom. The predicted octanol–water partition coefficient (Wildman–Crippen LogP) is 1.99.